The van der Waals surface area contributed by atoms with Crippen LogP contribution in [0.2, 0.25) is 0 Å². The molecule has 16 heavy (non-hydrogen) atoms. The van der Waals surface area contributed by atoms with Gasteiger partial charge in [0.15, 0.2) is 5.16 Å². The van der Waals surface area contributed by atoms with Gasteiger partial charge in [-0.05, 0) is 31.4 Å². The van der Waals surface area contributed by atoms with Crippen LogP contribution in [-0.2, 0) is 0 Å². The van der Waals surface area contributed by atoms with Gasteiger partial charge in [0.05, 0.1) is 5.69 Å². The van der Waals surface area contributed by atoms with Crippen molar-refractivity contribution in [3.8, 4) is 11.3 Å². The predicted octanol–water partition coefficient (Wildman–Crippen LogP) is 2.76. The van der Waals surface area contributed by atoms with Crippen LogP contribution in [0.4, 0.5) is 5.69 Å². The highest BCUT2D eigenvalue weighted by Gasteiger charge is 2.05. The first-order chi connectivity index (χ1) is 7.70. The maximum Gasteiger partial charge on any atom is 0.187 e. The molecular weight excluding hydrogens is 218 g/mol. The number of hydrogen-bond acceptors (Lipinski definition) is 4. The Bertz CT molecular complexity index is 511. The molecule has 2 N–H and O–H groups in total. The van der Waals surface area contributed by atoms with Gasteiger partial charge in [0, 0.05) is 17.4 Å². The van der Waals surface area contributed by atoms with Crippen LogP contribution in [0.1, 0.15) is 5.56 Å². The maximum atomic E-state index is 5.95. The van der Waals surface area contributed by atoms with Gasteiger partial charge in [-0.2, -0.15) is 0 Å². The molecule has 0 unspecified atom stereocenters. The molecule has 1 aromatic heterocycles. The Morgan fingerprint density at radius 3 is 2.81 bits per heavy atom. The highest BCUT2D eigenvalue weighted by atomic mass is 32.2. The van der Waals surface area contributed by atoms with E-state index >= 15 is 0 Å². The Balaban J connectivity index is 2.53. The van der Waals surface area contributed by atoms with E-state index in [1.54, 1.807) is 6.20 Å². The fourth-order valence-electron chi connectivity index (χ4n) is 1.48. The second-order valence-corrected chi connectivity index (χ2v) is 4.29. The second kappa shape index (κ2) is 4.53. The molecule has 3 nitrogen and oxygen atoms in total. The first-order valence-electron chi connectivity index (χ1n) is 4.94. The summed E-state index contributed by atoms with van der Waals surface area (Å²) < 4.78 is 0. The van der Waals surface area contributed by atoms with Gasteiger partial charge in [-0.15, -0.1) is 0 Å². The number of aryl methyl sites for hydroxylation is 1. The van der Waals surface area contributed by atoms with Crippen LogP contribution in [0, 0.1) is 6.92 Å². The van der Waals surface area contributed by atoms with E-state index < -0.39 is 0 Å². The predicted molar refractivity (Wildman–Crippen MR) is 68.4 cm³/mol. The molecule has 0 saturated carbocycles. The molecule has 0 fully saturated rings. The molecule has 0 aliphatic rings. The van der Waals surface area contributed by atoms with E-state index in [-0.39, 0.29) is 0 Å². The minimum absolute atomic E-state index is 0.747. The van der Waals surface area contributed by atoms with E-state index in [1.807, 2.05) is 37.4 Å². The second-order valence-electron chi connectivity index (χ2n) is 3.52. The normalized spacial score (nSPS) is 10.4. The minimum Gasteiger partial charge on any atom is -0.398 e. The molecule has 2 rings (SSSR count). The van der Waals surface area contributed by atoms with Crippen molar-refractivity contribution in [3.63, 3.8) is 0 Å². The molecule has 0 amide bonds. The first kappa shape index (κ1) is 11.0. The van der Waals surface area contributed by atoms with Crippen LogP contribution in [-0.4, -0.2) is 16.2 Å². The topological polar surface area (TPSA) is 51.8 Å². The molecular formula is C12H13N3S. The summed E-state index contributed by atoms with van der Waals surface area (Å²) in [5, 5.41) is 0.762. The van der Waals surface area contributed by atoms with E-state index in [0.717, 1.165) is 22.1 Å². The molecule has 0 atom stereocenters. The summed E-state index contributed by atoms with van der Waals surface area (Å²) in [6.07, 6.45) is 3.72. The zero-order valence-electron chi connectivity index (χ0n) is 9.27. The summed E-state index contributed by atoms with van der Waals surface area (Å²) >= 11 is 1.52. The van der Waals surface area contributed by atoms with Crippen molar-refractivity contribution < 1.29 is 0 Å². The standard InChI is InChI=1S/C12H13N3S/c1-8-3-4-10(13)9(7-8)11-5-6-14-12(15-11)16-2/h3-7H,13H2,1-2H3. The number of aromatic nitrogens is 2. The van der Waals surface area contributed by atoms with Crippen molar-refractivity contribution in [3.05, 3.63) is 36.0 Å². The number of benzene rings is 1. The molecule has 1 heterocycles. The Morgan fingerprint density at radius 1 is 1.25 bits per heavy atom. The van der Waals surface area contributed by atoms with Gasteiger partial charge in [-0.3, -0.25) is 0 Å². The summed E-state index contributed by atoms with van der Waals surface area (Å²) in [4.78, 5) is 8.58. The monoisotopic (exact) mass is 231 g/mol. The number of nitrogens with zero attached hydrogens (tertiary/aromatic N) is 2. The highest BCUT2D eigenvalue weighted by molar-refractivity contribution is 7.98. The smallest absolute Gasteiger partial charge is 0.187 e. The summed E-state index contributed by atoms with van der Waals surface area (Å²) in [5.74, 6) is 0. The number of thioether (sulfide) groups is 1. The molecule has 0 aliphatic carbocycles. The third kappa shape index (κ3) is 2.17. The Hall–Kier alpha value is -1.55. The zero-order valence-corrected chi connectivity index (χ0v) is 10.1. The third-order valence-corrected chi connectivity index (χ3v) is 2.86. The van der Waals surface area contributed by atoms with Crippen LogP contribution in [0.5, 0.6) is 0 Å². The number of nitrogen functional groups attached to an aromatic ring is 1. The number of hydrogen-bond donors (Lipinski definition) is 1. The lowest BCUT2D eigenvalue weighted by Crippen LogP contribution is -1.94. The molecule has 0 spiro atoms. The van der Waals surface area contributed by atoms with Crippen molar-refractivity contribution in [1.29, 1.82) is 0 Å². The minimum atomic E-state index is 0.747. The first-order valence-corrected chi connectivity index (χ1v) is 6.16. The summed E-state index contributed by atoms with van der Waals surface area (Å²) in [6, 6.07) is 7.83. The fraction of sp³-hybridized carbons (Fsp3) is 0.167. The van der Waals surface area contributed by atoms with Crippen LogP contribution < -0.4 is 5.73 Å². The maximum absolute atomic E-state index is 5.95. The van der Waals surface area contributed by atoms with Crippen molar-refractivity contribution in [2.45, 2.75) is 12.1 Å². The quantitative estimate of drug-likeness (QED) is 0.490. The van der Waals surface area contributed by atoms with Crippen molar-refractivity contribution in [2.24, 2.45) is 0 Å². The SMILES string of the molecule is CSc1nccc(-c2cc(C)ccc2N)n1. The number of rotatable bonds is 2. The molecule has 0 saturated heterocycles. The number of nitrogens with two attached hydrogens (primary N) is 1. The van der Waals surface area contributed by atoms with Crippen LogP contribution in [0.3, 0.4) is 0 Å². The summed E-state index contributed by atoms with van der Waals surface area (Å²) in [5.41, 5.74) is 9.71. The largest absolute Gasteiger partial charge is 0.398 e. The van der Waals surface area contributed by atoms with Gasteiger partial charge in [0.1, 0.15) is 0 Å². The van der Waals surface area contributed by atoms with E-state index in [9.17, 15) is 0 Å². The summed E-state index contributed by atoms with van der Waals surface area (Å²) in [6.45, 7) is 2.04. The molecule has 4 heteroatoms. The molecule has 0 radical (unpaired) electrons. The van der Waals surface area contributed by atoms with Gasteiger partial charge in [0.2, 0.25) is 0 Å². The average molecular weight is 231 g/mol. The Morgan fingerprint density at radius 2 is 2.06 bits per heavy atom. The zero-order chi connectivity index (χ0) is 11.5. The lowest BCUT2D eigenvalue weighted by Gasteiger charge is -2.06. The Kier molecular flexibility index (Phi) is 3.10. The van der Waals surface area contributed by atoms with Gasteiger partial charge in [-0.1, -0.05) is 23.4 Å². The Labute approximate surface area is 99.1 Å². The fourth-order valence-corrected chi connectivity index (χ4v) is 1.84. The lowest BCUT2D eigenvalue weighted by molar-refractivity contribution is 0.976. The highest BCUT2D eigenvalue weighted by Crippen LogP contribution is 2.25. The van der Waals surface area contributed by atoms with E-state index in [0.29, 0.717) is 0 Å². The van der Waals surface area contributed by atoms with Crippen molar-refractivity contribution in [1.82, 2.24) is 9.97 Å². The van der Waals surface area contributed by atoms with Crippen LogP contribution in [0.15, 0.2) is 35.6 Å². The van der Waals surface area contributed by atoms with E-state index in [2.05, 4.69) is 9.97 Å². The van der Waals surface area contributed by atoms with Gasteiger partial charge in [-0.25, -0.2) is 9.97 Å². The molecule has 0 aliphatic heterocycles. The van der Waals surface area contributed by atoms with Gasteiger partial charge < -0.3 is 5.73 Å². The molecule has 82 valence electrons. The third-order valence-electron chi connectivity index (χ3n) is 2.30. The molecule has 0 bridgehead atoms. The summed E-state index contributed by atoms with van der Waals surface area (Å²) in [7, 11) is 0. The average Bonchev–Trinajstić information content (AvgIpc) is 2.32. The lowest BCUT2D eigenvalue weighted by atomic mass is 10.1. The van der Waals surface area contributed by atoms with Gasteiger partial charge in [0.25, 0.3) is 0 Å². The van der Waals surface area contributed by atoms with Gasteiger partial charge >= 0.3 is 0 Å². The van der Waals surface area contributed by atoms with Crippen LogP contribution in [0.25, 0.3) is 11.3 Å². The molecule has 2 aromatic rings. The van der Waals surface area contributed by atoms with Crippen molar-refractivity contribution >= 4 is 17.4 Å². The van der Waals surface area contributed by atoms with E-state index in [4.69, 9.17) is 5.73 Å². The van der Waals surface area contributed by atoms with Crippen molar-refractivity contribution in [2.75, 3.05) is 12.0 Å². The van der Waals surface area contributed by atoms with E-state index in [1.165, 1.54) is 17.3 Å². The number of anilines is 1. The molecule has 1 aromatic carbocycles. The van der Waals surface area contributed by atoms with Crippen LogP contribution >= 0.6 is 11.8 Å².